The van der Waals surface area contributed by atoms with E-state index in [0.29, 0.717) is 0 Å². The highest BCUT2D eigenvalue weighted by Crippen LogP contribution is 2.35. The van der Waals surface area contributed by atoms with Gasteiger partial charge in [0.2, 0.25) is 0 Å². The van der Waals surface area contributed by atoms with Crippen LogP contribution < -0.4 is 9.31 Å². The fraction of sp³-hybridized carbons (Fsp3) is 0.143. The van der Waals surface area contributed by atoms with Crippen molar-refractivity contribution < 1.29 is 9.31 Å². The van der Waals surface area contributed by atoms with Gasteiger partial charge in [0, 0.05) is 0 Å². The lowest BCUT2D eigenvalue weighted by Crippen LogP contribution is -2.14. The molecule has 1 aliphatic heterocycles. The molecule has 0 aromatic heterocycles. The summed E-state index contributed by atoms with van der Waals surface area (Å²) < 4.78 is 10.7. The smallest absolute Gasteiger partial charge is 0.515 e. The summed E-state index contributed by atoms with van der Waals surface area (Å²) in [6.07, 6.45) is 0. The molecule has 1 aromatic rings. The lowest BCUT2D eigenvalue weighted by Gasteiger charge is -1.96. The van der Waals surface area contributed by atoms with Gasteiger partial charge in [-0.1, -0.05) is 6.07 Å². The van der Waals surface area contributed by atoms with Gasteiger partial charge >= 0.3 is 4.97 Å². The van der Waals surface area contributed by atoms with Gasteiger partial charge < -0.3 is 9.31 Å². The first kappa shape index (κ1) is 7.27. The predicted octanol–water partition coefficient (Wildman–Crippen LogP) is 2.19. The molecular weight excluding hydrogens is 254 g/mol. The highest BCUT2D eigenvalue weighted by molar-refractivity contribution is 14.1. The Balaban J connectivity index is 2.43. The Bertz CT molecular complexity index is 290. The molecule has 0 N–H and O–H groups in total. The Kier molecular flexibility index (Phi) is 1.71. The molecule has 0 bridgehead atoms. The molecule has 2 nitrogen and oxygen atoms in total. The first-order valence-electron chi connectivity index (χ1n) is 3.34. The lowest BCUT2D eigenvalue weighted by molar-refractivity contribution is 0.536. The maximum Gasteiger partial charge on any atom is 0.669 e. The van der Waals surface area contributed by atoms with Crippen LogP contribution in [0, 0.1) is 6.92 Å². The van der Waals surface area contributed by atoms with E-state index in [9.17, 15) is 0 Å². The minimum atomic E-state index is -0.163. The Morgan fingerprint density at radius 3 is 2.82 bits per heavy atom. The van der Waals surface area contributed by atoms with Crippen LogP contribution in [0.3, 0.4) is 0 Å². The van der Waals surface area contributed by atoms with Crippen molar-refractivity contribution in [2.75, 3.05) is 0 Å². The van der Waals surface area contributed by atoms with Gasteiger partial charge in [-0.25, -0.2) is 0 Å². The summed E-state index contributed by atoms with van der Waals surface area (Å²) in [5.74, 6) is 1.69. The Morgan fingerprint density at radius 1 is 1.27 bits per heavy atom. The van der Waals surface area contributed by atoms with Crippen LogP contribution in [0.1, 0.15) is 5.56 Å². The number of hydrogen-bond donors (Lipinski definition) is 0. The zero-order valence-corrected chi connectivity index (χ0v) is 8.16. The van der Waals surface area contributed by atoms with Crippen molar-refractivity contribution in [3.05, 3.63) is 23.8 Å². The predicted molar refractivity (Wildman–Crippen MR) is 52.2 cm³/mol. The quantitative estimate of drug-likeness (QED) is 0.525. The van der Waals surface area contributed by atoms with Crippen molar-refractivity contribution in [3.8, 4) is 11.5 Å². The molecule has 2 rings (SSSR count). The molecule has 1 aliphatic rings. The van der Waals surface area contributed by atoms with Crippen LogP contribution >= 0.6 is 22.4 Å². The van der Waals surface area contributed by atoms with Crippen LogP contribution in [-0.4, -0.2) is 4.97 Å². The van der Waals surface area contributed by atoms with E-state index in [4.69, 9.17) is 9.31 Å². The normalized spacial score (nSPS) is 13.8. The van der Waals surface area contributed by atoms with Crippen molar-refractivity contribution in [1.29, 1.82) is 0 Å². The first-order chi connectivity index (χ1) is 5.25. The van der Waals surface area contributed by atoms with E-state index < -0.39 is 0 Å². The Morgan fingerprint density at radius 2 is 2.00 bits per heavy atom. The molecule has 56 valence electrons. The first-order valence-corrected chi connectivity index (χ1v) is 4.58. The van der Waals surface area contributed by atoms with E-state index in [0.717, 1.165) is 11.5 Å². The third-order valence-electron chi connectivity index (χ3n) is 1.54. The summed E-state index contributed by atoms with van der Waals surface area (Å²) in [7, 11) is 0. The van der Waals surface area contributed by atoms with Gasteiger partial charge in [-0.2, -0.15) is 0 Å². The van der Waals surface area contributed by atoms with Crippen molar-refractivity contribution >= 4 is 27.3 Å². The zero-order chi connectivity index (χ0) is 7.84. The van der Waals surface area contributed by atoms with Gasteiger partial charge in [0.25, 0.3) is 0 Å². The van der Waals surface area contributed by atoms with Crippen LogP contribution in [-0.2, 0) is 0 Å². The van der Waals surface area contributed by atoms with Gasteiger partial charge in [0.1, 0.15) is 11.5 Å². The largest absolute Gasteiger partial charge is 0.669 e. The molecule has 0 atom stereocenters. The molecule has 0 radical (unpaired) electrons. The minimum absolute atomic E-state index is 0.163. The summed E-state index contributed by atoms with van der Waals surface area (Å²) in [5, 5.41) is 0. The lowest BCUT2D eigenvalue weighted by atomic mass is 10.2. The standard InChI is InChI=1S/C7H6BIO2/c1-5-2-3-6-7(4-5)11-8(9)10-6/h2-4H,1H3. The molecule has 11 heavy (non-hydrogen) atoms. The van der Waals surface area contributed by atoms with Crippen molar-refractivity contribution in [2.24, 2.45) is 0 Å². The Labute approximate surface area is 78.9 Å². The molecule has 4 heteroatoms. The highest BCUT2D eigenvalue weighted by atomic mass is 127. The van der Waals surface area contributed by atoms with E-state index in [-0.39, 0.29) is 4.97 Å². The molecule has 0 saturated heterocycles. The average molecular weight is 260 g/mol. The number of hydrogen-bond acceptors (Lipinski definition) is 2. The number of fused-ring (bicyclic) bond motifs is 1. The Hall–Kier alpha value is -0.385. The summed E-state index contributed by atoms with van der Waals surface area (Å²) in [6, 6.07) is 5.92. The van der Waals surface area contributed by atoms with Crippen LogP contribution in [0.2, 0.25) is 0 Å². The third kappa shape index (κ3) is 1.31. The van der Waals surface area contributed by atoms with E-state index >= 15 is 0 Å². The van der Waals surface area contributed by atoms with E-state index in [2.05, 4.69) is 22.4 Å². The second-order valence-electron chi connectivity index (χ2n) is 2.46. The van der Waals surface area contributed by atoms with Gasteiger partial charge in [-0.05, 0) is 47.0 Å². The van der Waals surface area contributed by atoms with Crippen LogP contribution in [0.25, 0.3) is 0 Å². The van der Waals surface area contributed by atoms with Crippen molar-refractivity contribution in [1.82, 2.24) is 0 Å². The van der Waals surface area contributed by atoms with E-state index in [1.165, 1.54) is 5.56 Å². The van der Waals surface area contributed by atoms with Gasteiger partial charge in [0.05, 0.1) is 0 Å². The topological polar surface area (TPSA) is 18.5 Å². The van der Waals surface area contributed by atoms with Crippen molar-refractivity contribution in [3.63, 3.8) is 0 Å². The summed E-state index contributed by atoms with van der Waals surface area (Å²) in [6.45, 7) is 2.03. The van der Waals surface area contributed by atoms with Gasteiger partial charge in [-0.3, -0.25) is 0 Å². The van der Waals surface area contributed by atoms with Crippen LogP contribution in [0.5, 0.6) is 11.5 Å². The van der Waals surface area contributed by atoms with Gasteiger partial charge in [0.15, 0.2) is 0 Å². The van der Waals surface area contributed by atoms with Crippen LogP contribution in [0.15, 0.2) is 18.2 Å². The van der Waals surface area contributed by atoms with Gasteiger partial charge in [-0.15, -0.1) is 0 Å². The van der Waals surface area contributed by atoms with Crippen LogP contribution in [0.4, 0.5) is 0 Å². The number of rotatable bonds is 0. The molecule has 1 aromatic carbocycles. The second-order valence-corrected chi connectivity index (χ2v) is 3.48. The third-order valence-corrected chi connectivity index (χ3v) is 2.05. The number of benzene rings is 1. The fourth-order valence-electron chi connectivity index (χ4n) is 1.03. The molecule has 0 unspecified atom stereocenters. The second kappa shape index (κ2) is 2.58. The summed E-state index contributed by atoms with van der Waals surface area (Å²) >= 11 is 2.09. The van der Waals surface area contributed by atoms with Crippen molar-refractivity contribution in [2.45, 2.75) is 6.92 Å². The molecule has 0 saturated carbocycles. The minimum Gasteiger partial charge on any atom is -0.515 e. The summed E-state index contributed by atoms with van der Waals surface area (Å²) in [4.78, 5) is -0.163. The fourth-order valence-corrected chi connectivity index (χ4v) is 1.58. The molecular formula is C7H6BIO2. The maximum absolute atomic E-state index is 5.35. The van der Waals surface area contributed by atoms with E-state index in [1.807, 2.05) is 25.1 Å². The monoisotopic (exact) mass is 260 g/mol. The van der Waals surface area contributed by atoms with E-state index in [1.54, 1.807) is 0 Å². The molecule has 1 heterocycles. The molecule has 0 aliphatic carbocycles. The summed E-state index contributed by atoms with van der Waals surface area (Å²) in [5.41, 5.74) is 1.19. The SMILES string of the molecule is Cc1ccc2c(c1)OB(I)O2. The molecule has 0 spiro atoms. The number of halogens is 1. The molecule has 0 fully saturated rings. The maximum atomic E-state index is 5.35. The molecule has 0 amide bonds. The zero-order valence-electron chi connectivity index (χ0n) is 6.00. The highest BCUT2D eigenvalue weighted by Gasteiger charge is 2.28. The average Bonchev–Trinajstić information content (AvgIpc) is 2.27. The number of aryl methyl sites for hydroxylation is 1.